The average molecular weight is 898 g/mol. The number of piperidine rings is 2. The molecule has 1 N–H and O–H groups in total. The summed E-state index contributed by atoms with van der Waals surface area (Å²) in [6, 6.07) is 10.8. The first-order valence-electron chi connectivity index (χ1n) is 20.9. The zero-order valence-electron chi connectivity index (χ0n) is 34.5. The number of thiocarbonyl (C=S) groups is 1. The lowest BCUT2D eigenvalue weighted by molar-refractivity contribution is -0.138. The Kier molecular flexibility index (Phi) is 9.21. The number of fused-ring (bicyclic) bond motifs is 3. The highest BCUT2D eigenvalue weighted by atomic mass is 32.1. The van der Waals surface area contributed by atoms with Gasteiger partial charge in [-0.15, -0.1) is 0 Å². The molecule has 6 aliphatic heterocycles. The fourth-order valence-corrected chi connectivity index (χ4v) is 11.4. The Hall–Kier alpha value is -6.26. The third kappa shape index (κ3) is 6.15. The highest BCUT2D eigenvalue weighted by Crippen LogP contribution is 2.54. The average Bonchev–Trinajstić information content (AvgIpc) is 3.74. The normalized spacial score (nSPS) is 23.5. The van der Waals surface area contributed by atoms with Gasteiger partial charge in [0, 0.05) is 47.6 Å². The van der Waals surface area contributed by atoms with E-state index in [0.717, 1.165) is 66.3 Å². The van der Waals surface area contributed by atoms with E-state index in [0.29, 0.717) is 37.6 Å². The third-order valence-corrected chi connectivity index (χ3v) is 14.7. The minimum absolute atomic E-state index is 0.0344. The summed E-state index contributed by atoms with van der Waals surface area (Å²) in [6.45, 7) is 5.91. The summed E-state index contributed by atoms with van der Waals surface area (Å²) in [6.07, 6.45) is -1.49. The van der Waals surface area contributed by atoms with Gasteiger partial charge in [-0.1, -0.05) is 0 Å². The molecule has 6 amide bonds. The first kappa shape index (κ1) is 41.7. The van der Waals surface area contributed by atoms with Gasteiger partial charge in [0.05, 0.1) is 46.2 Å². The summed E-state index contributed by atoms with van der Waals surface area (Å²) in [5.41, 5.74) is -2.63. The molecule has 7 aliphatic rings. The molecule has 4 saturated heterocycles. The lowest BCUT2D eigenvalue weighted by atomic mass is 9.59. The number of ether oxygens (including phenoxy) is 1. The Morgan fingerprint density at radius 1 is 0.938 bits per heavy atom. The van der Waals surface area contributed by atoms with Crippen molar-refractivity contribution in [1.82, 2.24) is 20.0 Å². The number of nitrogens with zero attached hydrogens (tertiary/aromatic N) is 6. The van der Waals surface area contributed by atoms with Crippen molar-refractivity contribution < 1.29 is 51.1 Å². The Morgan fingerprint density at radius 3 is 2.25 bits per heavy atom. The van der Waals surface area contributed by atoms with Crippen LogP contribution in [0.15, 0.2) is 48.5 Å². The van der Waals surface area contributed by atoms with Crippen LogP contribution in [0.25, 0.3) is 0 Å². The van der Waals surface area contributed by atoms with Crippen molar-refractivity contribution in [1.29, 1.82) is 5.26 Å². The zero-order chi connectivity index (χ0) is 45.4. The van der Waals surface area contributed by atoms with Crippen molar-refractivity contribution in [3.8, 4) is 11.8 Å². The number of imide groups is 2. The topological polar surface area (TPSA) is 164 Å². The summed E-state index contributed by atoms with van der Waals surface area (Å²) in [5, 5.41) is 11.2. The number of hydrogen-bond donors (Lipinski definition) is 1. The Bertz CT molecular complexity index is 2710. The van der Waals surface area contributed by atoms with E-state index in [4.69, 9.17) is 17.0 Å². The number of nitriles is 1. The van der Waals surface area contributed by atoms with Gasteiger partial charge in [-0.25, -0.2) is 4.39 Å². The molecular formula is C45H39F4N7O7S. The molecule has 14 nitrogen and oxygen atoms in total. The van der Waals surface area contributed by atoms with Crippen molar-refractivity contribution in [2.45, 2.75) is 81.6 Å². The van der Waals surface area contributed by atoms with E-state index >= 15 is 4.39 Å². The van der Waals surface area contributed by atoms with Gasteiger partial charge in [0.25, 0.3) is 23.6 Å². The van der Waals surface area contributed by atoms with Crippen LogP contribution in [0.4, 0.5) is 28.9 Å². The number of rotatable bonds is 5. The highest BCUT2D eigenvalue weighted by molar-refractivity contribution is 7.81. The lowest BCUT2D eigenvalue weighted by Gasteiger charge is -2.61. The number of anilines is 2. The van der Waals surface area contributed by atoms with Gasteiger partial charge in [0.2, 0.25) is 11.8 Å². The highest BCUT2D eigenvalue weighted by Gasteiger charge is 2.57. The minimum atomic E-state index is -4.87. The second kappa shape index (κ2) is 14.1. The van der Waals surface area contributed by atoms with E-state index in [1.165, 1.54) is 43.0 Å². The number of nitrogens with one attached hydrogen (secondary N) is 1. The molecule has 19 heteroatoms. The van der Waals surface area contributed by atoms with Crippen LogP contribution in [0.1, 0.15) is 100 Å². The van der Waals surface area contributed by atoms with Crippen LogP contribution < -0.4 is 19.9 Å². The van der Waals surface area contributed by atoms with E-state index < -0.39 is 70.1 Å². The number of likely N-dealkylation sites (tertiary alicyclic amines) is 2. The smallest absolute Gasteiger partial charge is 0.417 e. The van der Waals surface area contributed by atoms with Gasteiger partial charge >= 0.3 is 6.18 Å². The fraction of sp³-hybridized carbons (Fsp3) is 0.422. The van der Waals surface area contributed by atoms with Crippen molar-refractivity contribution in [2.24, 2.45) is 5.41 Å². The van der Waals surface area contributed by atoms with Crippen LogP contribution in [0.5, 0.6) is 5.75 Å². The summed E-state index contributed by atoms with van der Waals surface area (Å²) in [7, 11) is 0. The van der Waals surface area contributed by atoms with E-state index in [-0.39, 0.29) is 56.8 Å². The van der Waals surface area contributed by atoms with Crippen molar-refractivity contribution in [3.63, 3.8) is 0 Å². The maximum Gasteiger partial charge on any atom is 0.417 e. The molecule has 0 bridgehead atoms. The van der Waals surface area contributed by atoms with E-state index in [9.17, 15) is 47.2 Å². The molecule has 1 unspecified atom stereocenters. The molecule has 5 fully saturated rings. The van der Waals surface area contributed by atoms with Gasteiger partial charge in [0.1, 0.15) is 23.1 Å². The largest absolute Gasteiger partial charge is 0.492 e. The second-order valence-corrected chi connectivity index (χ2v) is 18.9. The van der Waals surface area contributed by atoms with Gasteiger partial charge < -0.3 is 19.4 Å². The Balaban J connectivity index is 0.756. The number of halogens is 4. The quantitative estimate of drug-likeness (QED) is 0.207. The number of alkyl halides is 3. The van der Waals surface area contributed by atoms with Gasteiger partial charge in [-0.2, -0.15) is 18.4 Å². The molecule has 2 spiro atoms. The number of amides is 6. The van der Waals surface area contributed by atoms with Crippen LogP contribution in [-0.2, 0) is 26.0 Å². The first-order valence-corrected chi connectivity index (χ1v) is 21.3. The van der Waals surface area contributed by atoms with Crippen LogP contribution >= 0.6 is 12.2 Å². The molecule has 64 heavy (non-hydrogen) atoms. The summed E-state index contributed by atoms with van der Waals surface area (Å²) < 4.78 is 63.3. The fourth-order valence-electron chi connectivity index (χ4n) is 10.9. The molecule has 10 rings (SSSR count). The van der Waals surface area contributed by atoms with Crippen molar-refractivity contribution in [2.75, 3.05) is 42.6 Å². The van der Waals surface area contributed by atoms with Crippen LogP contribution in [0.3, 0.4) is 0 Å². The van der Waals surface area contributed by atoms with Crippen molar-refractivity contribution in [3.05, 3.63) is 87.7 Å². The molecule has 1 atom stereocenters. The van der Waals surface area contributed by atoms with E-state index in [1.54, 1.807) is 17.0 Å². The summed E-state index contributed by atoms with van der Waals surface area (Å²) >= 11 is 5.58. The summed E-state index contributed by atoms with van der Waals surface area (Å²) in [4.78, 5) is 85.6. The molecule has 330 valence electrons. The number of carbonyl (C=O) groups is 6. The number of hydrogen-bond acceptors (Lipinski definition) is 10. The number of benzene rings is 3. The van der Waals surface area contributed by atoms with Crippen LogP contribution in [0.2, 0.25) is 0 Å². The maximum atomic E-state index is 15.8. The zero-order valence-corrected chi connectivity index (χ0v) is 35.3. The maximum absolute atomic E-state index is 15.8. The predicted octanol–water partition coefficient (Wildman–Crippen LogP) is 5.06. The molecule has 1 aliphatic carbocycles. The van der Waals surface area contributed by atoms with Gasteiger partial charge in [-0.05, 0) is 120 Å². The minimum Gasteiger partial charge on any atom is -0.492 e. The molecule has 1 saturated carbocycles. The standard InChI is InChI=1S/C45H39F4N7O7S/c1-42(2)40(62)54(24-4-3-23(19-50)30(13-24)45(47,48)49)41(64)56(42)25-5-6-27(32(46)14-25)37(59)53-20-43(21-53)17-26(18-43)52-11-9-44(10-12-52)22-63-34-16-29-28(15-31(34)44)38(60)55(39(29)61)33-7-8-35(57)51-36(33)58/h3-6,13-16,26,33H,7-12,17-18,20-22H2,1-2H3,(H,51,57,58). The third-order valence-electron chi connectivity index (χ3n) is 14.4. The first-order chi connectivity index (χ1) is 30.3. The number of carbonyl (C=O) groups excluding carboxylic acids is 6. The summed E-state index contributed by atoms with van der Waals surface area (Å²) in [5.74, 6) is -3.67. The molecular weight excluding hydrogens is 859 g/mol. The van der Waals surface area contributed by atoms with Crippen LogP contribution in [0, 0.1) is 22.6 Å². The predicted molar refractivity (Wildman–Crippen MR) is 222 cm³/mol. The lowest BCUT2D eigenvalue weighted by Crippen LogP contribution is -2.68. The van der Waals surface area contributed by atoms with Crippen LogP contribution in [-0.4, -0.2) is 106 Å². The van der Waals surface area contributed by atoms with E-state index in [1.807, 2.05) is 0 Å². The molecule has 6 heterocycles. The van der Waals surface area contributed by atoms with E-state index in [2.05, 4.69) is 10.2 Å². The molecule has 0 radical (unpaired) electrons. The SMILES string of the molecule is CC1(C)C(=O)N(c2ccc(C#N)c(C(F)(F)F)c2)C(=S)N1c1ccc(C(=O)N2CC3(CC(N4CCC5(CC4)COc4cc6c(cc45)C(=O)N(C4CCC(=O)NC4=O)C6=O)C3)C2)c(F)c1. The monoisotopic (exact) mass is 897 g/mol. The Morgan fingerprint density at radius 2 is 1.61 bits per heavy atom. The molecule has 3 aromatic rings. The molecule has 3 aromatic carbocycles. The Labute approximate surface area is 368 Å². The van der Waals surface area contributed by atoms with Crippen molar-refractivity contribution >= 4 is 64.1 Å². The molecule has 0 aromatic heterocycles. The second-order valence-electron chi connectivity index (χ2n) is 18.5. The van der Waals surface area contributed by atoms with Gasteiger partial charge in [-0.3, -0.25) is 43.9 Å². The van der Waals surface area contributed by atoms with Gasteiger partial charge in [0.15, 0.2) is 5.11 Å².